The topological polar surface area (TPSA) is 54.0 Å². The molecule has 0 spiro atoms. The number of rotatable bonds is 5. The maximum Gasteiger partial charge on any atom is 0.229 e. The van der Waals surface area contributed by atoms with E-state index in [9.17, 15) is 13.6 Å². The molecule has 0 fully saturated rings. The number of amides is 1. The molecule has 0 unspecified atom stereocenters. The lowest BCUT2D eigenvalue weighted by atomic mass is 10.1. The van der Waals surface area contributed by atoms with Gasteiger partial charge in [0.05, 0.1) is 18.3 Å². The highest BCUT2D eigenvalue weighted by Crippen LogP contribution is 2.23. The summed E-state index contributed by atoms with van der Waals surface area (Å²) in [6.07, 6.45) is 1.63. The molecule has 0 aliphatic carbocycles. The van der Waals surface area contributed by atoms with Gasteiger partial charge in [0.15, 0.2) is 0 Å². The van der Waals surface area contributed by atoms with E-state index < -0.39 is 11.6 Å². The first-order chi connectivity index (χ1) is 12.1. The fourth-order valence-electron chi connectivity index (χ4n) is 2.27. The largest absolute Gasteiger partial charge is 0.349 e. The van der Waals surface area contributed by atoms with Crippen molar-refractivity contribution in [1.29, 1.82) is 0 Å². The van der Waals surface area contributed by atoms with Crippen LogP contribution in [0.4, 0.5) is 26.0 Å². The van der Waals surface area contributed by atoms with Gasteiger partial charge in [-0.25, -0.2) is 13.8 Å². The molecule has 6 heteroatoms. The second-order valence-corrected chi connectivity index (χ2v) is 5.36. The van der Waals surface area contributed by atoms with Gasteiger partial charge in [-0.1, -0.05) is 36.4 Å². The van der Waals surface area contributed by atoms with Crippen LogP contribution in [0, 0.1) is 11.6 Å². The summed E-state index contributed by atoms with van der Waals surface area (Å²) in [6.45, 7) is 0. The number of nitrogens with one attached hydrogen (secondary N) is 2. The Bertz CT molecular complexity index is 847. The normalized spacial score (nSPS) is 10.3. The molecule has 3 aromatic rings. The quantitative estimate of drug-likeness (QED) is 0.729. The molecule has 25 heavy (non-hydrogen) atoms. The van der Waals surface area contributed by atoms with Crippen LogP contribution in [0.5, 0.6) is 0 Å². The summed E-state index contributed by atoms with van der Waals surface area (Å²) in [5, 5.41) is 5.31. The van der Waals surface area contributed by atoms with Crippen LogP contribution in [0.15, 0.2) is 66.9 Å². The van der Waals surface area contributed by atoms with Crippen LogP contribution in [0.3, 0.4) is 0 Å². The summed E-state index contributed by atoms with van der Waals surface area (Å²) in [7, 11) is 0. The number of pyridine rings is 1. The number of carbonyl (C=O) groups is 1. The van der Waals surface area contributed by atoms with Gasteiger partial charge in [0.2, 0.25) is 5.91 Å². The van der Waals surface area contributed by atoms with E-state index >= 15 is 0 Å². The van der Waals surface area contributed by atoms with Gasteiger partial charge in [-0.2, -0.15) is 0 Å². The van der Waals surface area contributed by atoms with Crippen molar-refractivity contribution in [1.82, 2.24) is 4.98 Å². The van der Waals surface area contributed by atoms with Gasteiger partial charge in [-0.3, -0.25) is 4.79 Å². The number of anilines is 3. The molecule has 0 atom stereocenters. The van der Waals surface area contributed by atoms with E-state index in [-0.39, 0.29) is 18.0 Å². The van der Waals surface area contributed by atoms with Gasteiger partial charge < -0.3 is 10.6 Å². The van der Waals surface area contributed by atoms with Gasteiger partial charge in [0.1, 0.15) is 23.1 Å². The van der Waals surface area contributed by atoms with Crippen molar-refractivity contribution in [2.45, 2.75) is 6.42 Å². The third-order valence-electron chi connectivity index (χ3n) is 3.47. The third-order valence-corrected chi connectivity index (χ3v) is 3.47. The smallest absolute Gasteiger partial charge is 0.229 e. The van der Waals surface area contributed by atoms with Crippen molar-refractivity contribution in [3.05, 3.63) is 84.1 Å². The molecule has 2 aromatic carbocycles. The number of halogens is 2. The maximum atomic E-state index is 13.6. The molecule has 0 radical (unpaired) electrons. The van der Waals surface area contributed by atoms with Gasteiger partial charge in [-0.15, -0.1) is 0 Å². The van der Waals surface area contributed by atoms with Crippen LogP contribution < -0.4 is 10.6 Å². The zero-order valence-corrected chi connectivity index (χ0v) is 13.2. The number of carbonyl (C=O) groups excluding carboxylic acids is 1. The Labute approximate surface area is 143 Å². The average molecular weight is 339 g/mol. The third kappa shape index (κ3) is 4.38. The molecule has 2 N–H and O–H groups in total. The lowest BCUT2D eigenvalue weighted by molar-refractivity contribution is -0.115. The molecule has 3 rings (SSSR count). The molecule has 1 heterocycles. The summed E-state index contributed by atoms with van der Waals surface area (Å²) < 4.78 is 27.2. The molecule has 0 saturated carbocycles. The van der Waals surface area contributed by atoms with Gasteiger partial charge in [0, 0.05) is 0 Å². The Hall–Kier alpha value is -3.28. The van der Waals surface area contributed by atoms with Crippen molar-refractivity contribution in [2.24, 2.45) is 0 Å². The van der Waals surface area contributed by atoms with Crippen molar-refractivity contribution in [3.8, 4) is 0 Å². The number of benzene rings is 2. The van der Waals surface area contributed by atoms with E-state index in [0.717, 1.165) is 17.7 Å². The first-order valence-corrected chi connectivity index (χ1v) is 7.63. The van der Waals surface area contributed by atoms with Crippen LogP contribution >= 0.6 is 0 Å². The molecule has 0 saturated heterocycles. The van der Waals surface area contributed by atoms with E-state index in [4.69, 9.17) is 0 Å². The van der Waals surface area contributed by atoms with E-state index in [1.807, 2.05) is 30.3 Å². The Kier molecular flexibility index (Phi) is 4.99. The van der Waals surface area contributed by atoms with E-state index in [2.05, 4.69) is 15.6 Å². The van der Waals surface area contributed by atoms with Crippen LogP contribution in [-0.2, 0) is 11.2 Å². The van der Waals surface area contributed by atoms with Crippen LogP contribution in [0.2, 0.25) is 0 Å². The summed E-state index contributed by atoms with van der Waals surface area (Å²) in [5.74, 6) is -1.22. The maximum absolute atomic E-state index is 13.6. The molecule has 0 bridgehead atoms. The number of hydrogen-bond acceptors (Lipinski definition) is 3. The van der Waals surface area contributed by atoms with E-state index in [1.165, 1.54) is 12.3 Å². The number of hydrogen-bond donors (Lipinski definition) is 2. The molecule has 126 valence electrons. The predicted octanol–water partition coefficient (Wildman–Crippen LogP) is 4.28. The molecule has 1 aromatic heterocycles. The van der Waals surface area contributed by atoms with E-state index in [0.29, 0.717) is 11.5 Å². The summed E-state index contributed by atoms with van der Waals surface area (Å²) >= 11 is 0. The van der Waals surface area contributed by atoms with Crippen molar-refractivity contribution in [2.75, 3.05) is 10.6 Å². The minimum atomic E-state index is -0.694. The highest BCUT2D eigenvalue weighted by molar-refractivity contribution is 5.91. The summed E-state index contributed by atoms with van der Waals surface area (Å²) in [6, 6.07) is 16.1. The van der Waals surface area contributed by atoms with Crippen LogP contribution in [-0.4, -0.2) is 10.9 Å². The summed E-state index contributed by atoms with van der Waals surface area (Å²) in [5.41, 5.74) is 1.06. The SMILES string of the molecule is O=C(Cc1ccccc1)Nc1ccc(Nc2c(F)cccc2F)cn1. The van der Waals surface area contributed by atoms with E-state index in [1.54, 1.807) is 12.1 Å². The van der Waals surface area contributed by atoms with Gasteiger partial charge >= 0.3 is 0 Å². The lowest BCUT2D eigenvalue weighted by Crippen LogP contribution is -2.15. The lowest BCUT2D eigenvalue weighted by Gasteiger charge is -2.09. The molecule has 1 amide bonds. The number of nitrogens with zero attached hydrogens (tertiary/aromatic N) is 1. The number of para-hydroxylation sites is 1. The average Bonchev–Trinajstić information content (AvgIpc) is 2.60. The zero-order valence-electron chi connectivity index (χ0n) is 13.2. The monoisotopic (exact) mass is 339 g/mol. The van der Waals surface area contributed by atoms with Crippen molar-refractivity contribution in [3.63, 3.8) is 0 Å². The zero-order chi connectivity index (χ0) is 17.6. The van der Waals surface area contributed by atoms with Gasteiger partial charge in [-0.05, 0) is 29.8 Å². The molecule has 4 nitrogen and oxygen atoms in total. The fraction of sp³-hybridized carbons (Fsp3) is 0.0526. The number of aromatic nitrogens is 1. The molecule has 0 aliphatic heterocycles. The van der Waals surface area contributed by atoms with Crippen LogP contribution in [0.1, 0.15) is 5.56 Å². The highest BCUT2D eigenvalue weighted by Gasteiger charge is 2.09. The highest BCUT2D eigenvalue weighted by atomic mass is 19.1. The second-order valence-electron chi connectivity index (χ2n) is 5.36. The first-order valence-electron chi connectivity index (χ1n) is 7.63. The summed E-state index contributed by atoms with van der Waals surface area (Å²) in [4.78, 5) is 16.1. The predicted molar refractivity (Wildman–Crippen MR) is 92.7 cm³/mol. The standard InChI is InChI=1S/C19H15F2N3O/c20-15-7-4-8-16(21)19(15)23-14-9-10-17(22-12-14)24-18(25)11-13-5-2-1-3-6-13/h1-10,12,23H,11H2,(H,22,24,25). The van der Waals surface area contributed by atoms with Crippen LogP contribution in [0.25, 0.3) is 0 Å². The molecular formula is C19H15F2N3O. The van der Waals surface area contributed by atoms with Crippen molar-refractivity contribution >= 4 is 23.1 Å². The Morgan fingerprint density at radius 3 is 2.28 bits per heavy atom. The van der Waals surface area contributed by atoms with Crippen molar-refractivity contribution < 1.29 is 13.6 Å². The first kappa shape index (κ1) is 16.6. The molecular weight excluding hydrogens is 324 g/mol. The molecule has 0 aliphatic rings. The fourth-order valence-corrected chi connectivity index (χ4v) is 2.27. The second kappa shape index (κ2) is 7.53. The minimum Gasteiger partial charge on any atom is -0.349 e. The van der Waals surface area contributed by atoms with Gasteiger partial charge in [0.25, 0.3) is 0 Å². The Morgan fingerprint density at radius 2 is 1.64 bits per heavy atom. The Morgan fingerprint density at radius 1 is 0.920 bits per heavy atom. The Balaban J connectivity index is 1.63. The minimum absolute atomic E-state index is 0.195.